The summed E-state index contributed by atoms with van der Waals surface area (Å²) in [6.45, 7) is 0.0954. The molecule has 3 aromatic carbocycles. The Kier molecular flexibility index (Phi) is 8.19. The van der Waals surface area contributed by atoms with Gasteiger partial charge in [0, 0.05) is 25.2 Å². The molecule has 6 nitrogen and oxygen atoms in total. The van der Waals surface area contributed by atoms with Crippen LogP contribution in [0.3, 0.4) is 0 Å². The van der Waals surface area contributed by atoms with E-state index in [0.717, 1.165) is 37.1 Å². The molecule has 198 valence electrons. The van der Waals surface area contributed by atoms with Crippen molar-refractivity contribution in [2.75, 3.05) is 4.90 Å². The quantitative estimate of drug-likeness (QED) is 0.187. The van der Waals surface area contributed by atoms with Crippen molar-refractivity contribution in [3.05, 3.63) is 117 Å². The van der Waals surface area contributed by atoms with Crippen molar-refractivity contribution in [2.45, 2.75) is 6.54 Å². The molecule has 2 aromatic heterocycles. The van der Waals surface area contributed by atoms with Crippen LogP contribution in [0.5, 0.6) is 5.06 Å². The van der Waals surface area contributed by atoms with Crippen molar-refractivity contribution >= 4 is 63.6 Å². The molecule has 0 spiro atoms. The normalized spacial score (nSPS) is 10.6. The summed E-state index contributed by atoms with van der Waals surface area (Å²) in [6.07, 6.45) is -1.49. The van der Waals surface area contributed by atoms with Gasteiger partial charge in [0.25, 0.3) is 5.91 Å². The highest BCUT2D eigenvalue weighted by molar-refractivity contribution is 7.18. The first-order valence-electron chi connectivity index (χ1n) is 11.8. The molecule has 1 amide bonds. The smallest absolute Gasteiger partial charge is 0.449 e. The van der Waals surface area contributed by atoms with Crippen LogP contribution in [0.15, 0.2) is 91.0 Å². The van der Waals surface area contributed by atoms with Gasteiger partial charge in [-0.15, -0.1) is 11.3 Å². The van der Waals surface area contributed by atoms with E-state index in [2.05, 4.69) is 6.07 Å². The summed E-state index contributed by atoms with van der Waals surface area (Å²) in [4.78, 5) is 29.5. The lowest BCUT2D eigenvalue weighted by Crippen LogP contribution is -2.30. The molecule has 5 rings (SSSR count). The molecular weight excluding hydrogens is 587 g/mol. The number of carbonyl (C=O) groups is 2. The second kappa shape index (κ2) is 11.9. The second-order valence-corrected chi connectivity index (χ2v) is 11.5. The summed E-state index contributed by atoms with van der Waals surface area (Å²) in [5.74, 6) is -0.457. The second-order valence-electron chi connectivity index (χ2n) is 8.46. The molecule has 2 heterocycles. The van der Waals surface area contributed by atoms with Gasteiger partial charge in [-0.3, -0.25) is 9.69 Å². The monoisotopic (exact) mass is 604 g/mol. The number of carboxylic acid groups (broad SMARTS) is 1. The zero-order valence-corrected chi connectivity index (χ0v) is 23.7. The number of halogens is 2. The predicted octanol–water partition coefficient (Wildman–Crippen LogP) is 9.23. The third-order valence-electron chi connectivity index (χ3n) is 5.90. The molecule has 0 radical (unpaired) electrons. The molecule has 0 aliphatic heterocycles. The highest BCUT2D eigenvalue weighted by Crippen LogP contribution is 2.45. The lowest BCUT2D eigenvalue weighted by molar-refractivity contribution is 0.0983. The number of nitriles is 1. The number of ether oxygens (including phenoxy) is 1. The van der Waals surface area contributed by atoms with Gasteiger partial charge in [-0.1, -0.05) is 83.1 Å². The van der Waals surface area contributed by atoms with Crippen molar-refractivity contribution < 1.29 is 19.4 Å². The Morgan fingerprint density at radius 1 is 0.900 bits per heavy atom. The Labute approximate surface area is 247 Å². The van der Waals surface area contributed by atoms with Crippen LogP contribution in [0.4, 0.5) is 10.5 Å². The fraction of sp³-hybridized carbons (Fsp3) is 0.0333. The highest BCUT2D eigenvalue weighted by atomic mass is 35.5. The van der Waals surface area contributed by atoms with Crippen molar-refractivity contribution in [2.24, 2.45) is 0 Å². The van der Waals surface area contributed by atoms with Crippen molar-refractivity contribution in [1.82, 2.24) is 0 Å². The summed E-state index contributed by atoms with van der Waals surface area (Å²) in [7, 11) is 0. The number of hydrogen-bond acceptors (Lipinski definition) is 6. The van der Waals surface area contributed by atoms with Crippen LogP contribution in [0.2, 0.25) is 10.0 Å². The fourth-order valence-corrected chi connectivity index (χ4v) is 6.62. The largest absolute Gasteiger partial charge is 0.512 e. The molecule has 0 aliphatic carbocycles. The highest BCUT2D eigenvalue weighted by Gasteiger charge is 2.28. The number of nitrogens with zero attached hydrogens (tertiary/aromatic N) is 2. The zero-order valence-electron chi connectivity index (χ0n) is 20.5. The van der Waals surface area contributed by atoms with Crippen LogP contribution in [0.1, 0.15) is 20.8 Å². The van der Waals surface area contributed by atoms with E-state index in [1.165, 1.54) is 28.4 Å². The number of thiophene rings is 2. The van der Waals surface area contributed by atoms with E-state index in [9.17, 15) is 20.0 Å². The van der Waals surface area contributed by atoms with Gasteiger partial charge in [-0.25, -0.2) is 4.79 Å². The van der Waals surface area contributed by atoms with E-state index in [1.807, 2.05) is 54.6 Å². The molecule has 1 N–H and O–H groups in total. The topological polar surface area (TPSA) is 90.6 Å². The minimum atomic E-state index is -1.49. The van der Waals surface area contributed by atoms with Crippen molar-refractivity contribution in [3.8, 4) is 32.0 Å². The summed E-state index contributed by atoms with van der Waals surface area (Å²) >= 11 is 15.0. The molecule has 5 aromatic rings. The van der Waals surface area contributed by atoms with Crippen molar-refractivity contribution in [3.63, 3.8) is 0 Å². The van der Waals surface area contributed by atoms with E-state index < -0.39 is 12.1 Å². The summed E-state index contributed by atoms with van der Waals surface area (Å²) in [5, 5.41) is 19.6. The molecule has 0 bridgehead atoms. The molecule has 0 saturated carbocycles. The number of amides is 1. The summed E-state index contributed by atoms with van der Waals surface area (Å²) < 4.78 is 5.16. The Bertz CT molecular complexity index is 1760. The van der Waals surface area contributed by atoms with E-state index in [4.69, 9.17) is 27.9 Å². The number of benzene rings is 3. The lowest BCUT2D eigenvalue weighted by atomic mass is 10.1. The van der Waals surface area contributed by atoms with Crippen LogP contribution < -0.4 is 9.64 Å². The average molecular weight is 606 g/mol. The lowest BCUT2D eigenvalue weighted by Gasteiger charge is -2.22. The maximum Gasteiger partial charge on any atom is 0.512 e. The standard InChI is InChI=1S/C30H18Cl2N2O4S2/c31-20-10-12-23(24(32)14-20)28(35)34(17-21-11-13-26(39-21)22-9-5-4-8-19(22)16-33)25-15-27(18-6-2-1-3-7-18)40-29(25)38-30(36)37/h1-15H,17H2,(H,36,37). The number of hydrogen-bond donors (Lipinski definition) is 1. The van der Waals surface area contributed by atoms with Crippen LogP contribution >= 0.6 is 45.9 Å². The first-order valence-corrected chi connectivity index (χ1v) is 14.2. The molecule has 0 unspecified atom stereocenters. The summed E-state index contributed by atoms with van der Waals surface area (Å²) in [5.41, 5.74) is 2.66. The first kappa shape index (κ1) is 27.4. The van der Waals surface area contributed by atoms with Gasteiger partial charge in [0.2, 0.25) is 5.06 Å². The average Bonchev–Trinajstić information content (AvgIpc) is 3.59. The van der Waals surface area contributed by atoms with Gasteiger partial charge < -0.3 is 9.84 Å². The number of carbonyl (C=O) groups excluding carboxylic acids is 1. The van der Waals surface area contributed by atoms with Crippen LogP contribution in [0, 0.1) is 11.3 Å². The fourth-order valence-electron chi connectivity index (χ4n) is 4.08. The van der Waals surface area contributed by atoms with E-state index in [0.29, 0.717) is 10.6 Å². The minimum absolute atomic E-state index is 0.0522. The third-order valence-corrected chi connectivity index (χ3v) is 8.61. The van der Waals surface area contributed by atoms with Crippen LogP contribution in [0.25, 0.3) is 20.9 Å². The third kappa shape index (κ3) is 5.88. The maximum atomic E-state index is 14.0. The number of rotatable bonds is 7. The van der Waals surface area contributed by atoms with E-state index in [-0.39, 0.29) is 27.9 Å². The molecule has 0 fully saturated rings. The summed E-state index contributed by atoms with van der Waals surface area (Å²) in [6, 6.07) is 29.0. The molecule has 40 heavy (non-hydrogen) atoms. The van der Waals surface area contributed by atoms with Gasteiger partial charge in [-0.05, 0) is 48.0 Å². The molecule has 10 heteroatoms. The SMILES string of the molecule is N#Cc1ccccc1-c1ccc(CN(C(=O)c2ccc(Cl)cc2Cl)c2cc(-c3ccccc3)sc2OC(=O)O)s1. The zero-order chi connectivity index (χ0) is 28.2. The Morgan fingerprint density at radius 3 is 2.38 bits per heavy atom. The molecule has 0 aliphatic rings. The van der Waals surface area contributed by atoms with Crippen molar-refractivity contribution in [1.29, 1.82) is 5.26 Å². The predicted molar refractivity (Wildman–Crippen MR) is 160 cm³/mol. The molecular formula is C30H18Cl2N2O4S2. The van der Waals surface area contributed by atoms with Gasteiger partial charge in [-0.2, -0.15) is 5.26 Å². The maximum absolute atomic E-state index is 14.0. The Hall–Kier alpha value is -4.13. The Morgan fingerprint density at radius 2 is 1.65 bits per heavy atom. The van der Waals surface area contributed by atoms with Crippen LogP contribution in [-0.2, 0) is 6.54 Å². The van der Waals surface area contributed by atoms with Gasteiger partial charge >= 0.3 is 6.16 Å². The number of anilines is 1. The van der Waals surface area contributed by atoms with Gasteiger partial charge in [0.15, 0.2) is 0 Å². The van der Waals surface area contributed by atoms with E-state index >= 15 is 0 Å². The Balaban J connectivity index is 1.61. The molecule has 0 atom stereocenters. The first-order chi connectivity index (χ1) is 19.3. The van der Waals surface area contributed by atoms with Crippen LogP contribution in [-0.4, -0.2) is 17.2 Å². The van der Waals surface area contributed by atoms with E-state index in [1.54, 1.807) is 24.3 Å². The molecule has 0 saturated heterocycles. The minimum Gasteiger partial charge on any atom is -0.449 e. The van der Waals surface area contributed by atoms with Gasteiger partial charge in [0.05, 0.1) is 34.5 Å². The van der Waals surface area contributed by atoms with Gasteiger partial charge in [0.1, 0.15) is 0 Å².